The quantitative estimate of drug-likeness (QED) is 0.501. The zero-order valence-electron chi connectivity index (χ0n) is 6.87. The molecule has 0 aromatic heterocycles. The van der Waals surface area contributed by atoms with E-state index in [4.69, 9.17) is 9.47 Å². The van der Waals surface area contributed by atoms with Crippen LogP contribution in [0.1, 0.15) is 13.3 Å². The van der Waals surface area contributed by atoms with Crippen molar-refractivity contribution in [1.82, 2.24) is 0 Å². The molecule has 0 N–H and O–H groups in total. The van der Waals surface area contributed by atoms with Crippen molar-refractivity contribution in [2.45, 2.75) is 19.4 Å². The van der Waals surface area contributed by atoms with Gasteiger partial charge in [-0.25, -0.2) is 0 Å². The van der Waals surface area contributed by atoms with Crippen LogP contribution in [0, 0.1) is 0 Å². The largest absolute Gasteiger partial charge is 0.459 e. The molecule has 0 saturated carbocycles. The SMILES string of the molecule is CCC(=O)OC(CS)COC. The van der Waals surface area contributed by atoms with Gasteiger partial charge in [0.05, 0.1) is 6.61 Å². The van der Waals surface area contributed by atoms with Crippen LogP contribution in [0.4, 0.5) is 0 Å². The van der Waals surface area contributed by atoms with Gasteiger partial charge in [0.25, 0.3) is 0 Å². The monoisotopic (exact) mass is 178 g/mol. The zero-order valence-corrected chi connectivity index (χ0v) is 7.77. The molecule has 0 saturated heterocycles. The normalized spacial score (nSPS) is 12.6. The van der Waals surface area contributed by atoms with Gasteiger partial charge in [-0.2, -0.15) is 12.6 Å². The van der Waals surface area contributed by atoms with Crippen LogP contribution in [-0.2, 0) is 14.3 Å². The van der Waals surface area contributed by atoms with Crippen LogP contribution < -0.4 is 0 Å². The summed E-state index contributed by atoms with van der Waals surface area (Å²) in [5.74, 6) is 0.292. The highest BCUT2D eigenvalue weighted by Crippen LogP contribution is 1.98. The number of ether oxygens (including phenoxy) is 2. The second kappa shape index (κ2) is 6.49. The Balaban J connectivity index is 3.58. The van der Waals surface area contributed by atoms with E-state index in [0.29, 0.717) is 18.8 Å². The van der Waals surface area contributed by atoms with Gasteiger partial charge in [-0.05, 0) is 0 Å². The number of hydrogen-bond donors (Lipinski definition) is 1. The first-order chi connectivity index (χ1) is 5.24. The van der Waals surface area contributed by atoms with E-state index < -0.39 is 0 Å². The average Bonchev–Trinajstić information content (AvgIpc) is 2.03. The molecule has 0 heterocycles. The van der Waals surface area contributed by atoms with Crippen molar-refractivity contribution in [3.05, 3.63) is 0 Å². The minimum atomic E-state index is -0.212. The Hall–Kier alpha value is -0.220. The van der Waals surface area contributed by atoms with E-state index >= 15 is 0 Å². The first kappa shape index (κ1) is 10.8. The van der Waals surface area contributed by atoms with Gasteiger partial charge in [-0.3, -0.25) is 4.79 Å². The van der Waals surface area contributed by atoms with Crippen LogP contribution in [0.15, 0.2) is 0 Å². The molecular formula is C7H14O3S. The summed E-state index contributed by atoms with van der Waals surface area (Å²) in [6, 6.07) is 0. The Morgan fingerprint density at radius 1 is 1.64 bits per heavy atom. The summed E-state index contributed by atoms with van der Waals surface area (Å²) in [4.78, 5) is 10.7. The maximum atomic E-state index is 10.7. The molecule has 0 fully saturated rings. The van der Waals surface area contributed by atoms with Crippen LogP contribution >= 0.6 is 12.6 Å². The predicted molar refractivity (Wildman–Crippen MR) is 45.9 cm³/mol. The van der Waals surface area contributed by atoms with Gasteiger partial charge in [0.15, 0.2) is 0 Å². The maximum Gasteiger partial charge on any atom is 0.305 e. The lowest BCUT2D eigenvalue weighted by molar-refractivity contribution is -0.149. The molecule has 1 unspecified atom stereocenters. The third-order valence-corrected chi connectivity index (χ3v) is 1.55. The Morgan fingerprint density at radius 3 is 2.64 bits per heavy atom. The highest BCUT2D eigenvalue weighted by Gasteiger charge is 2.10. The molecule has 0 spiro atoms. The fourth-order valence-corrected chi connectivity index (χ4v) is 0.759. The van der Waals surface area contributed by atoms with Crippen LogP contribution in [0.25, 0.3) is 0 Å². The number of carbonyl (C=O) groups excluding carboxylic acids is 1. The number of thiol groups is 1. The van der Waals surface area contributed by atoms with E-state index in [1.807, 2.05) is 0 Å². The van der Waals surface area contributed by atoms with Crippen molar-refractivity contribution in [2.24, 2.45) is 0 Å². The van der Waals surface area contributed by atoms with Crippen molar-refractivity contribution in [1.29, 1.82) is 0 Å². The lowest BCUT2D eigenvalue weighted by atomic mass is 10.4. The fraction of sp³-hybridized carbons (Fsp3) is 0.857. The smallest absolute Gasteiger partial charge is 0.305 e. The molecular weight excluding hydrogens is 164 g/mol. The van der Waals surface area contributed by atoms with E-state index in [1.54, 1.807) is 14.0 Å². The molecule has 0 aliphatic rings. The molecule has 0 radical (unpaired) electrons. The number of rotatable bonds is 5. The standard InChI is InChI=1S/C7H14O3S/c1-3-7(8)10-6(5-11)4-9-2/h6,11H,3-5H2,1-2H3. The molecule has 0 aromatic carbocycles. The molecule has 0 aromatic rings. The topological polar surface area (TPSA) is 35.5 Å². The van der Waals surface area contributed by atoms with Crippen LogP contribution in [0.2, 0.25) is 0 Å². The third kappa shape index (κ3) is 5.09. The van der Waals surface area contributed by atoms with Crippen LogP contribution in [-0.4, -0.2) is 31.5 Å². The van der Waals surface area contributed by atoms with E-state index in [-0.39, 0.29) is 12.1 Å². The Morgan fingerprint density at radius 2 is 2.27 bits per heavy atom. The van der Waals surface area contributed by atoms with E-state index in [2.05, 4.69) is 12.6 Å². The Labute approximate surface area is 72.5 Å². The molecule has 0 bridgehead atoms. The van der Waals surface area contributed by atoms with Crippen molar-refractivity contribution in [2.75, 3.05) is 19.5 Å². The van der Waals surface area contributed by atoms with Crippen molar-refractivity contribution >= 4 is 18.6 Å². The maximum absolute atomic E-state index is 10.7. The number of carbonyl (C=O) groups is 1. The summed E-state index contributed by atoms with van der Waals surface area (Å²) in [6.45, 7) is 2.17. The molecule has 0 aliphatic carbocycles. The molecule has 0 aliphatic heterocycles. The first-order valence-corrected chi connectivity index (χ1v) is 4.17. The van der Waals surface area contributed by atoms with Gasteiger partial charge in [0.2, 0.25) is 0 Å². The minimum Gasteiger partial charge on any atom is -0.459 e. The summed E-state index contributed by atoms with van der Waals surface area (Å²) in [7, 11) is 1.57. The summed E-state index contributed by atoms with van der Waals surface area (Å²) >= 11 is 4.01. The van der Waals surface area contributed by atoms with Gasteiger partial charge >= 0.3 is 5.97 Å². The molecule has 4 heteroatoms. The molecule has 3 nitrogen and oxygen atoms in total. The van der Waals surface area contributed by atoms with Crippen molar-refractivity contribution in [3.63, 3.8) is 0 Å². The van der Waals surface area contributed by atoms with Gasteiger partial charge in [-0.1, -0.05) is 6.92 Å². The Bertz CT molecular complexity index is 116. The summed E-state index contributed by atoms with van der Waals surface area (Å²) in [5, 5.41) is 0. The van der Waals surface area contributed by atoms with Gasteiger partial charge in [-0.15, -0.1) is 0 Å². The van der Waals surface area contributed by atoms with Crippen molar-refractivity contribution < 1.29 is 14.3 Å². The third-order valence-electron chi connectivity index (χ3n) is 1.14. The molecule has 66 valence electrons. The molecule has 11 heavy (non-hydrogen) atoms. The number of esters is 1. The number of hydrogen-bond acceptors (Lipinski definition) is 4. The highest BCUT2D eigenvalue weighted by molar-refractivity contribution is 7.80. The first-order valence-electron chi connectivity index (χ1n) is 3.53. The van der Waals surface area contributed by atoms with E-state index in [0.717, 1.165) is 0 Å². The van der Waals surface area contributed by atoms with Crippen LogP contribution in [0.3, 0.4) is 0 Å². The summed E-state index contributed by atoms with van der Waals surface area (Å²) in [6.07, 6.45) is 0.185. The number of methoxy groups -OCH3 is 1. The van der Waals surface area contributed by atoms with Gasteiger partial charge in [0, 0.05) is 19.3 Å². The van der Waals surface area contributed by atoms with Gasteiger partial charge in [0.1, 0.15) is 6.10 Å². The average molecular weight is 178 g/mol. The minimum absolute atomic E-state index is 0.207. The predicted octanol–water partition coefficient (Wildman–Crippen LogP) is 0.884. The lowest BCUT2D eigenvalue weighted by Crippen LogP contribution is -2.24. The fourth-order valence-electron chi connectivity index (χ4n) is 0.579. The second-order valence-corrected chi connectivity index (χ2v) is 2.47. The molecule has 0 rings (SSSR count). The highest BCUT2D eigenvalue weighted by atomic mass is 32.1. The summed E-state index contributed by atoms with van der Waals surface area (Å²) < 4.78 is 9.76. The van der Waals surface area contributed by atoms with Crippen LogP contribution in [0.5, 0.6) is 0 Å². The summed E-state index contributed by atoms with van der Waals surface area (Å²) in [5.41, 5.74) is 0. The van der Waals surface area contributed by atoms with E-state index in [9.17, 15) is 4.79 Å². The molecule has 0 amide bonds. The Kier molecular flexibility index (Phi) is 6.36. The second-order valence-electron chi connectivity index (χ2n) is 2.10. The lowest BCUT2D eigenvalue weighted by Gasteiger charge is -2.13. The van der Waals surface area contributed by atoms with Crippen molar-refractivity contribution in [3.8, 4) is 0 Å². The molecule has 1 atom stereocenters. The van der Waals surface area contributed by atoms with Gasteiger partial charge < -0.3 is 9.47 Å². The van der Waals surface area contributed by atoms with E-state index in [1.165, 1.54) is 0 Å². The zero-order chi connectivity index (χ0) is 8.69.